The molecule has 1 saturated heterocycles. The number of aliphatic hydroxyl groups excluding tert-OH is 5. The molecule has 78 heavy (non-hydrogen) atoms. The topological polar surface area (TPSA) is 175 Å². The first-order chi connectivity index (χ1) is 38.2. The monoisotopic (exact) mass is 1100 g/mol. The van der Waals surface area contributed by atoms with E-state index in [1.54, 1.807) is 6.08 Å². The molecule has 1 rings (SSSR count). The largest absolute Gasteiger partial charge is 0.466 e. The molecule has 11 nitrogen and oxygen atoms in total. The van der Waals surface area contributed by atoms with Gasteiger partial charge in [0.2, 0.25) is 5.91 Å². The Labute approximate surface area is 478 Å². The average Bonchev–Trinajstić information content (AvgIpc) is 3.44. The van der Waals surface area contributed by atoms with E-state index in [0.717, 1.165) is 83.5 Å². The normalized spacial score (nSPS) is 18.9. The maximum Gasteiger partial charge on any atom is 0.305 e. The molecule has 1 fully saturated rings. The molecule has 1 heterocycles. The molecule has 454 valence electrons. The number of hydrogen-bond donors (Lipinski definition) is 6. The minimum atomic E-state index is -1.58. The molecule has 0 bridgehead atoms. The van der Waals surface area contributed by atoms with Crippen LogP contribution in [0.5, 0.6) is 0 Å². The number of aliphatic hydroxyl groups is 5. The van der Waals surface area contributed by atoms with Crippen molar-refractivity contribution >= 4 is 11.9 Å². The summed E-state index contributed by atoms with van der Waals surface area (Å²) in [6.45, 7) is 4.29. The molecule has 0 aromatic carbocycles. The molecule has 0 aliphatic carbocycles. The minimum Gasteiger partial charge on any atom is -0.466 e. The zero-order valence-electron chi connectivity index (χ0n) is 50.1. The van der Waals surface area contributed by atoms with Crippen molar-refractivity contribution in [2.45, 2.75) is 333 Å². The number of rotatable bonds is 56. The summed E-state index contributed by atoms with van der Waals surface area (Å²) in [5, 5.41) is 54.4. The van der Waals surface area contributed by atoms with Gasteiger partial charge in [-0.05, 0) is 103 Å². The van der Waals surface area contributed by atoms with Crippen molar-refractivity contribution in [1.82, 2.24) is 5.32 Å². The standard InChI is InChI=1S/C67H121NO10/c1-3-5-7-9-11-13-15-30-33-37-41-45-49-53-60(70)59(58-77-67-66(75)65(74)64(73)61(57-69)78-67)68-62(71)54-50-46-42-38-34-31-28-26-24-22-20-18-17-19-21-23-25-27-29-32-36-40-44-48-52-56-76-63(72)55-51-47-43-39-35-16-14-12-10-8-6-4-2/h12,14,18-21,33,37,49,53,59-61,64-67,69-70,73-75H,3-11,13,15-17,22-32,34-36,38-48,50-52,54-58H2,1-2H3,(H,68,71)/b14-12-,20-18-,21-19-,37-33+,53-49+. The van der Waals surface area contributed by atoms with E-state index in [1.807, 2.05) is 6.08 Å². The number of ether oxygens (including phenoxy) is 3. The predicted molar refractivity (Wildman–Crippen MR) is 324 cm³/mol. The second-order valence-electron chi connectivity index (χ2n) is 22.4. The maximum absolute atomic E-state index is 13.0. The predicted octanol–water partition coefficient (Wildman–Crippen LogP) is 15.8. The van der Waals surface area contributed by atoms with Crippen molar-refractivity contribution in [3.63, 3.8) is 0 Å². The quantitative estimate of drug-likeness (QED) is 0.0195. The number of hydrogen-bond acceptors (Lipinski definition) is 10. The molecule has 0 radical (unpaired) electrons. The number of amides is 1. The molecular weight excluding hydrogens is 979 g/mol. The first-order valence-corrected chi connectivity index (χ1v) is 32.6. The summed E-state index contributed by atoms with van der Waals surface area (Å²) in [5.41, 5.74) is 0. The smallest absolute Gasteiger partial charge is 0.305 e. The van der Waals surface area contributed by atoms with E-state index < -0.39 is 49.5 Å². The minimum absolute atomic E-state index is 0.0126. The zero-order chi connectivity index (χ0) is 56.6. The third kappa shape index (κ3) is 45.0. The lowest BCUT2D eigenvalue weighted by molar-refractivity contribution is -0.302. The highest BCUT2D eigenvalue weighted by Gasteiger charge is 2.44. The van der Waals surface area contributed by atoms with Crippen LogP contribution in [0.4, 0.5) is 0 Å². The van der Waals surface area contributed by atoms with Gasteiger partial charge in [0.05, 0.1) is 32.0 Å². The lowest BCUT2D eigenvalue weighted by atomic mass is 9.99. The molecule has 0 aromatic heterocycles. The van der Waals surface area contributed by atoms with Crippen LogP contribution in [-0.4, -0.2) is 100 Å². The van der Waals surface area contributed by atoms with Crippen molar-refractivity contribution in [2.75, 3.05) is 19.8 Å². The molecule has 1 aliphatic heterocycles. The number of unbranched alkanes of at least 4 members (excludes halogenated alkanes) is 34. The second kappa shape index (κ2) is 56.2. The summed E-state index contributed by atoms with van der Waals surface area (Å²) >= 11 is 0. The van der Waals surface area contributed by atoms with Crippen molar-refractivity contribution < 1.29 is 49.3 Å². The van der Waals surface area contributed by atoms with E-state index in [9.17, 15) is 35.1 Å². The Balaban J connectivity index is 2.06. The van der Waals surface area contributed by atoms with Crippen LogP contribution in [0.15, 0.2) is 60.8 Å². The number of carbonyl (C=O) groups excluding carboxylic acids is 2. The molecule has 0 aromatic rings. The van der Waals surface area contributed by atoms with Crippen LogP contribution < -0.4 is 5.32 Å². The van der Waals surface area contributed by atoms with Crippen LogP contribution in [-0.2, 0) is 23.8 Å². The van der Waals surface area contributed by atoms with E-state index in [1.165, 1.54) is 180 Å². The summed E-state index contributed by atoms with van der Waals surface area (Å²) in [6, 6.07) is -0.833. The average molecular weight is 1100 g/mol. The number of allylic oxidation sites excluding steroid dienone is 9. The van der Waals surface area contributed by atoms with Gasteiger partial charge < -0.3 is 45.1 Å². The van der Waals surface area contributed by atoms with E-state index in [4.69, 9.17) is 14.2 Å². The molecule has 1 aliphatic rings. The third-order valence-corrected chi connectivity index (χ3v) is 15.1. The first kappa shape index (κ1) is 73.4. The fraction of sp³-hybridized carbons (Fsp3) is 0.821. The highest BCUT2D eigenvalue weighted by Crippen LogP contribution is 2.23. The Morgan fingerprint density at radius 2 is 0.872 bits per heavy atom. The third-order valence-electron chi connectivity index (χ3n) is 15.1. The van der Waals surface area contributed by atoms with Gasteiger partial charge in [0, 0.05) is 12.8 Å². The van der Waals surface area contributed by atoms with Crippen molar-refractivity contribution in [1.29, 1.82) is 0 Å². The summed E-state index contributed by atoms with van der Waals surface area (Å²) in [7, 11) is 0. The fourth-order valence-corrected chi connectivity index (χ4v) is 9.89. The summed E-state index contributed by atoms with van der Waals surface area (Å²) in [5.74, 6) is -0.211. The van der Waals surface area contributed by atoms with Crippen LogP contribution in [0.3, 0.4) is 0 Å². The Morgan fingerprint density at radius 3 is 1.37 bits per heavy atom. The van der Waals surface area contributed by atoms with Crippen LogP contribution in [0, 0.1) is 0 Å². The van der Waals surface area contributed by atoms with Crippen LogP contribution in [0.25, 0.3) is 0 Å². The maximum atomic E-state index is 13.0. The van der Waals surface area contributed by atoms with Gasteiger partial charge in [-0.25, -0.2) is 0 Å². The molecule has 1 amide bonds. The molecule has 7 atom stereocenters. The Bertz CT molecular complexity index is 1480. The van der Waals surface area contributed by atoms with Crippen LogP contribution in [0.1, 0.15) is 290 Å². The molecule has 11 heteroatoms. The first-order valence-electron chi connectivity index (χ1n) is 32.6. The van der Waals surface area contributed by atoms with Gasteiger partial charge in [-0.1, -0.05) is 235 Å². The molecule has 6 N–H and O–H groups in total. The Morgan fingerprint density at radius 1 is 0.474 bits per heavy atom. The molecule has 7 unspecified atom stereocenters. The van der Waals surface area contributed by atoms with E-state index in [-0.39, 0.29) is 18.5 Å². The molecule has 0 saturated carbocycles. The van der Waals surface area contributed by atoms with E-state index >= 15 is 0 Å². The van der Waals surface area contributed by atoms with Crippen LogP contribution >= 0.6 is 0 Å². The van der Waals surface area contributed by atoms with E-state index in [2.05, 4.69) is 67.8 Å². The number of carbonyl (C=O) groups is 2. The highest BCUT2D eigenvalue weighted by atomic mass is 16.7. The van der Waals surface area contributed by atoms with E-state index in [0.29, 0.717) is 19.4 Å². The fourth-order valence-electron chi connectivity index (χ4n) is 9.89. The van der Waals surface area contributed by atoms with Crippen molar-refractivity contribution in [3.8, 4) is 0 Å². The summed E-state index contributed by atoms with van der Waals surface area (Å²) < 4.78 is 16.7. The van der Waals surface area contributed by atoms with Gasteiger partial charge in [0.15, 0.2) is 6.29 Å². The van der Waals surface area contributed by atoms with Gasteiger partial charge >= 0.3 is 5.97 Å². The van der Waals surface area contributed by atoms with Gasteiger partial charge in [-0.2, -0.15) is 0 Å². The molecule has 0 spiro atoms. The lowest BCUT2D eigenvalue weighted by Crippen LogP contribution is -2.60. The lowest BCUT2D eigenvalue weighted by Gasteiger charge is -2.40. The van der Waals surface area contributed by atoms with Gasteiger partial charge in [-0.15, -0.1) is 0 Å². The zero-order valence-corrected chi connectivity index (χ0v) is 50.1. The second-order valence-corrected chi connectivity index (χ2v) is 22.4. The molecular formula is C67H121NO10. The SMILES string of the molecule is CCCCC/C=C\CCCCCCCC(=O)OCCCCCCCCCCC/C=C\C/C=C\CCCCCCCCCCCC(=O)NC(COC1OC(CO)C(O)C(O)C1O)C(O)/C=C/CC/C=C/CCCCCCCCC. The number of esters is 1. The Hall–Kier alpha value is -2.64. The van der Waals surface area contributed by atoms with Gasteiger partial charge in [0.1, 0.15) is 24.4 Å². The van der Waals surface area contributed by atoms with Gasteiger partial charge in [-0.3, -0.25) is 9.59 Å². The highest BCUT2D eigenvalue weighted by molar-refractivity contribution is 5.76. The van der Waals surface area contributed by atoms with Crippen molar-refractivity contribution in [3.05, 3.63) is 60.8 Å². The van der Waals surface area contributed by atoms with Gasteiger partial charge in [0.25, 0.3) is 0 Å². The van der Waals surface area contributed by atoms with Crippen LogP contribution in [0.2, 0.25) is 0 Å². The Kier molecular flexibility index (Phi) is 52.9. The number of nitrogens with one attached hydrogen (secondary N) is 1. The van der Waals surface area contributed by atoms with Crippen molar-refractivity contribution in [2.24, 2.45) is 0 Å². The summed E-state index contributed by atoms with van der Waals surface area (Å²) in [6.07, 6.45) is 63.3. The summed E-state index contributed by atoms with van der Waals surface area (Å²) in [4.78, 5) is 25.1.